The standard InChI is InChI=1S/C20H31N3O2/c1-21-19(22-15-8-4-7-12-18(24)25-2)23-16-20(13-9-14-20)17-10-5-3-6-11-17/h3,5-6,10-11H,4,7-9,12-16H2,1-2H3,(H2,21,22,23). The fourth-order valence-electron chi connectivity index (χ4n) is 3.32. The van der Waals surface area contributed by atoms with E-state index in [1.165, 1.54) is 31.9 Å². The average molecular weight is 345 g/mol. The molecule has 1 saturated carbocycles. The number of nitrogens with zero attached hydrogens (tertiary/aromatic N) is 1. The molecule has 0 amide bonds. The SMILES string of the molecule is CN=C(NCCCCCC(=O)OC)NCC1(c2ccccc2)CCC1. The molecular weight excluding hydrogens is 314 g/mol. The van der Waals surface area contributed by atoms with Crippen molar-refractivity contribution in [1.82, 2.24) is 10.6 Å². The number of ether oxygens (including phenoxy) is 1. The van der Waals surface area contributed by atoms with Crippen LogP contribution >= 0.6 is 0 Å². The van der Waals surface area contributed by atoms with Gasteiger partial charge in [-0.25, -0.2) is 0 Å². The average Bonchev–Trinajstić information content (AvgIpc) is 2.62. The maximum absolute atomic E-state index is 11.1. The van der Waals surface area contributed by atoms with Gasteiger partial charge in [0.05, 0.1) is 7.11 Å². The minimum absolute atomic E-state index is 0.128. The molecule has 0 unspecified atom stereocenters. The van der Waals surface area contributed by atoms with Gasteiger partial charge in [0.25, 0.3) is 0 Å². The Hall–Kier alpha value is -2.04. The molecule has 0 aromatic heterocycles. The van der Waals surface area contributed by atoms with Crippen LogP contribution in [0.15, 0.2) is 35.3 Å². The van der Waals surface area contributed by atoms with Gasteiger partial charge in [-0.2, -0.15) is 0 Å². The van der Waals surface area contributed by atoms with Crippen LogP contribution in [0, 0.1) is 0 Å². The van der Waals surface area contributed by atoms with Gasteiger partial charge in [-0.15, -0.1) is 0 Å². The van der Waals surface area contributed by atoms with E-state index in [9.17, 15) is 4.79 Å². The van der Waals surface area contributed by atoms with Crippen LogP contribution in [0.5, 0.6) is 0 Å². The van der Waals surface area contributed by atoms with Gasteiger partial charge < -0.3 is 15.4 Å². The second kappa shape index (κ2) is 10.1. The predicted octanol–water partition coefficient (Wildman–Crippen LogP) is 3.01. The van der Waals surface area contributed by atoms with Crippen molar-refractivity contribution in [3.63, 3.8) is 0 Å². The normalized spacial score (nSPS) is 16.0. The third-order valence-corrected chi connectivity index (χ3v) is 5.09. The molecule has 1 aliphatic rings. The lowest BCUT2D eigenvalue weighted by Gasteiger charge is -2.43. The molecule has 2 N–H and O–H groups in total. The van der Waals surface area contributed by atoms with E-state index < -0.39 is 0 Å². The molecule has 0 atom stereocenters. The number of benzene rings is 1. The maximum Gasteiger partial charge on any atom is 0.305 e. The monoisotopic (exact) mass is 345 g/mol. The van der Waals surface area contributed by atoms with Crippen molar-refractivity contribution in [2.75, 3.05) is 27.2 Å². The molecule has 5 heteroatoms. The smallest absolute Gasteiger partial charge is 0.305 e. The molecule has 2 rings (SSSR count). The van der Waals surface area contributed by atoms with Crippen molar-refractivity contribution >= 4 is 11.9 Å². The fourth-order valence-corrected chi connectivity index (χ4v) is 3.32. The van der Waals surface area contributed by atoms with Crippen molar-refractivity contribution in [3.05, 3.63) is 35.9 Å². The van der Waals surface area contributed by atoms with E-state index in [1.807, 2.05) is 7.05 Å². The summed E-state index contributed by atoms with van der Waals surface area (Å²) in [6.07, 6.45) is 7.15. The molecule has 1 fully saturated rings. The molecule has 0 radical (unpaired) electrons. The molecule has 0 bridgehead atoms. The molecule has 1 aliphatic carbocycles. The van der Waals surface area contributed by atoms with E-state index in [0.717, 1.165) is 38.3 Å². The first-order valence-electron chi connectivity index (χ1n) is 9.27. The second-order valence-electron chi connectivity index (χ2n) is 6.74. The number of guanidine groups is 1. The van der Waals surface area contributed by atoms with Gasteiger partial charge in [0, 0.05) is 32.0 Å². The minimum Gasteiger partial charge on any atom is -0.469 e. The zero-order valence-electron chi connectivity index (χ0n) is 15.5. The number of esters is 1. The summed E-state index contributed by atoms with van der Waals surface area (Å²) in [5, 5.41) is 6.86. The Morgan fingerprint density at radius 2 is 1.92 bits per heavy atom. The van der Waals surface area contributed by atoms with E-state index in [-0.39, 0.29) is 11.4 Å². The van der Waals surface area contributed by atoms with Crippen LogP contribution in [-0.2, 0) is 14.9 Å². The predicted molar refractivity (Wildman–Crippen MR) is 102 cm³/mol. The van der Waals surface area contributed by atoms with Crippen molar-refractivity contribution < 1.29 is 9.53 Å². The van der Waals surface area contributed by atoms with Crippen molar-refractivity contribution in [3.8, 4) is 0 Å². The number of nitrogens with one attached hydrogen (secondary N) is 2. The lowest BCUT2D eigenvalue weighted by atomic mass is 9.64. The summed E-state index contributed by atoms with van der Waals surface area (Å²) in [4.78, 5) is 15.4. The molecule has 0 aliphatic heterocycles. The highest BCUT2D eigenvalue weighted by Gasteiger charge is 2.38. The van der Waals surface area contributed by atoms with Crippen molar-refractivity contribution in [2.45, 2.75) is 50.4 Å². The number of hydrogen-bond donors (Lipinski definition) is 2. The third-order valence-electron chi connectivity index (χ3n) is 5.09. The van der Waals surface area contributed by atoms with Gasteiger partial charge >= 0.3 is 5.97 Å². The van der Waals surface area contributed by atoms with Gasteiger partial charge in [0.2, 0.25) is 0 Å². The number of aliphatic imine (C=N–C) groups is 1. The topological polar surface area (TPSA) is 62.7 Å². The van der Waals surface area contributed by atoms with Gasteiger partial charge in [-0.05, 0) is 31.2 Å². The summed E-state index contributed by atoms with van der Waals surface area (Å²) in [7, 11) is 3.24. The highest BCUT2D eigenvalue weighted by molar-refractivity contribution is 5.79. The van der Waals surface area contributed by atoms with Crippen LogP contribution in [0.1, 0.15) is 50.5 Å². The molecule has 0 saturated heterocycles. The summed E-state index contributed by atoms with van der Waals surface area (Å²) < 4.78 is 4.65. The Morgan fingerprint density at radius 1 is 1.16 bits per heavy atom. The summed E-state index contributed by atoms with van der Waals surface area (Å²) in [5.41, 5.74) is 1.67. The Kier molecular flexibility index (Phi) is 7.76. The highest BCUT2D eigenvalue weighted by atomic mass is 16.5. The third kappa shape index (κ3) is 5.76. The first-order chi connectivity index (χ1) is 12.2. The number of methoxy groups -OCH3 is 1. The number of carbonyl (C=O) groups is 1. The van der Waals surface area contributed by atoms with Gasteiger partial charge in [-0.1, -0.05) is 43.2 Å². The molecule has 138 valence electrons. The zero-order chi connectivity index (χ0) is 18.0. The number of carbonyl (C=O) groups excluding carboxylic acids is 1. The van der Waals surface area contributed by atoms with Crippen LogP contribution < -0.4 is 10.6 Å². The zero-order valence-corrected chi connectivity index (χ0v) is 15.5. The second-order valence-corrected chi connectivity index (χ2v) is 6.74. The van der Waals surface area contributed by atoms with Crippen LogP contribution in [0.4, 0.5) is 0 Å². The molecule has 25 heavy (non-hydrogen) atoms. The Bertz CT molecular complexity index is 553. The van der Waals surface area contributed by atoms with Gasteiger partial charge in [-0.3, -0.25) is 9.79 Å². The van der Waals surface area contributed by atoms with Crippen LogP contribution in [-0.4, -0.2) is 39.2 Å². The Labute approximate surface area is 151 Å². The summed E-state index contributed by atoms with van der Waals surface area (Å²) in [6, 6.07) is 10.8. The Morgan fingerprint density at radius 3 is 2.52 bits per heavy atom. The molecule has 1 aromatic rings. The van der Waals surface area contributed by atoms with Crippen molar-refractivity contribution in [2.24, 2.45) is 4.99 Å². The summed E-state index contributed by atoms with van der Waals surface area (Å²) in [6.45, 7) is 1.78. The van der Waals surface area contributed by atoms with Gasteiger partial charge in [0.1, 0.15) is 0 Å². The first-order valence-corrected chi connectivity index (χ1v) is 9.27. The molecule has 5 nitrogen and oxygen atoms in total. The number of rotatable bonds is 9. The van der Waals surface area contributed by atoms with Gasteiger partial charge in [0.15, 0.2) is 5.96 Å². The molecular formula is C20H31N3O2. The minimum atomic E-state index is -0.128. The van der Waals surface area contributed by atoms with Crippen LogP contribution in [0.25, 0.3) is 0 Å². The largest absolute Gasteiger partial charge is 0.469 e. The molecule has 1 aromatic carbocycles. The number of unbranched alkanes of at least 4 members (excludes halogenated alkanes) is 2. The van der Waals surface area contributed by atoms with Crippen LogP contribution in [0.3, 0.4) is 0 Å². The van der Waals surface area contributed by atoms with E-state index in [1.54, 1.807) is 0 Å². The maximum atomic E-state index is 11.1. The van der Waals surface area contributed by atoms with E-state index in [2.05, 4.69) is 50.7 Å². The first kappa shape index (κ1) is 19.3. The molecule has 0 heterocycles. The quantitative estimate of drug-likeness (QED) is 0.313. The van der Waals surface area contributed by atoms with Crippen LogP contribution in [0.2, 0.25) is 0 Å². The summed E-state index contributed by atoms with van der Waals surface area (Å²) >= 11 is 0. The molecule has 0 spiro atoms. The van der Waals surface area contributed by atoms with E-state index in [4.69, 9.17) is 0 Å². The van der Waals surface area contributed by atoms with E-state index in [0.29, 0.717) is 6.42 Å². The van der Waals surface area contributed by atoms with Crippen molar-refractivity contribution in [1.29, 1.82) is 0 Å². The fraction of sp³-hybridized carbons (Fsp3) is 0.600. The number of hydrogen-bond acceptors (Lipinski definition) is 3. The Balaban J connectivity index is 1.69. The summed E-state index contributed by atoms with van der Waals surface area (Å²) in [5.74, 6) is 0.729. The lowest BCUT2D eigenvalue weighted by molar-refractivity contribution is -0.140. The van der Waals surface area contributed by atoms with E-state index >= 15 is 0 Å². The highest BCUT2D eigenvalue weighted by Crippen LogP contribution is 2.43. The lowest BCUT2D eigenvalue weighted by Crippen LogP contribution is -2.49.